The fourth-order valence-corrected chi connectivity index (χ4v) is 2.92. The number of nitrogens with two attached hydrogens (primary N) is 2. The molecule has 2 rings (SSSR count). The smallest absolute Gasteiger partial charge is 0.240 e. The van der Waals surface area contributed by atoms with E-state index in [9.17, 15) is 12.8 Å². The molecule has 112 valence electrons. The standard InChI is InChI=1S/C12H9BrClFN2O3S/c13-7-4-8(14)9(15)5-11(7)20-6-1-2-12(10(16)3-6)21(17,18)19/h1-5H,16H2,(H2,17,18,19). The van der Waals surface area contributed by atoms with Crippen LogP contribution in [0.4, 0.5) is 10.1 Å². The van der Waals surface area contributed by atoms with Gasteiger partial charge in [0.15, 0.2) is 0 Å². The van der Waals surface area contributed by atoms with Gasteiger partial charge >= 0.3 is 0 Å². The van der Waals surface area contributed by atoms with Crippen molar-refractivity contribution in [3.63, 3.8) is 0 Å². The molecule has 0 heterocycles. The van der Waals surface area contributed by atoms with Crippen LogP contribution in [0.15, 0.2) is 39.7 Å². The van der Waals surface area contributed by atoms with Crippen LogP contribution >= 0.6 is 27.5 Å². The zero-order valence-electron chi connectivity index (χ0n) is 10.3. The molecule has 0 atom stereocenters. The highest BCUT2D eigenvalue weighted by atomic mass is 79.9. The van der Waals surface area contributed by atoms with Gasteiger partial charge in [-0.3, -0.25) is 0 Å². The molecular formula is C12H9BrClFN2O3S. The van der Waals surface area contributed by atoms with Gasteiger partial charge in [-0.15, -0.1) is 0 Å². The van der Waals surface area contributed by atoms with Crippen LogP contribution in [0, 0.1) is 5.82 Å². The van der Waals surface area contributed by atoms with Gasteiger partial charge in [-0.25, -0.2) is 17.9 Å². The number of nitrogen functional groups attached to an aromatic ring is 1. The van der Waals surface area contributed by atoms with Gasteiger partial charge < -0.3 is 10.5 Å². The van der Waals surface area contributed by atoms with Crippen LogP contribution in [0.25, 0.3) is 0 Å². The number of ether oxygens (including phenoxy) is 1. The predicted octanol–water partition coefficient (Wildman–Crippen LogP) is 3.26. The monoisotopic (exact) mass is 394 g/mol. The third-order valence-corrected chi connectivity index (χ3v) is 4.38. The fraction of sp³-hybridized carbons (Fsp3) is 0. The van der Waals surface area contributed by atoms with Gasteiger partial charge in [0.25, 0.3) is 0 Å². The minimum atomic E-state index is -3.91. The first-order valence-corrected chi connectivity index (χ1v) is 8.15. The van der Waals surface area contributed by atoms with Crippen molar-refractivity contribution < 1.29 is 17.5 Å². The summed E-state index contributed by atoms with van der Waals surface area (Å²) in [6, 6.07) is 6.28. The van der Waals surface area contributed by atoms with Gasteiger partial charge in [-0.05, 0) is 34.1 Å². The summed E-state index contributed by atoms with van der Waals surface area (Å²) >= 11 is 8.80. The largest absolute Gasteiger partial charge is 0.456 e. The van der Waals surface area contributed by atoms with E-state index in [0.717, 1.165) is 6.07 Å². The maximum absolute atomic E-state index is 13.4. The van der Waals surface area contributed by atoms with E-state index in [1.54, 1.807) is 0 Å². The fourth-order valence-electron chi connectivity index (χ4n) is 1.56. The van der Waals surface area contributed by atoms with Crippen molar-refractivity contribution >= 4 is 43.2 Å². The van der Waals surface area contributed by atoms with Gasteiger partial charge in [-0.1, -0.05) is 11.6 Å². The molecule has 5 nitrogen and oxygen atoms in total. The van der Waals surface area contributed by atoms with Gasteiger partial charge in [0, 0.05) is 12.1 Å². The molecule has 0 saturated heterocycles. The summed E-state index contributed by atoms with van der Waals surface area (Å²) in [6.07, 6.45) is 0. The van der Waals surface area contributed by atoms with E-state index in [2.05, 4.69) is 15.9 Å². The lowest BCUT2D eigenvalue weighted by atomic mass is 10.3. The van der Waals surface area contributed by atoms with Crippen LogP contribution in [0.5, 0.6) is 11.5 Å². The maximum Gasteiger partial charge on any atom is 0.240 e. The second-order valence-electron chi connectivity index (χ2n) is 4.04. The quantitative estimate of drug-likeness (QED) is 0.616. The first kappa shape index (κ1) is 16.0. The van der Waals surface area contributed by atoms with Crippen molar-refractivity contribution in [3.05, 3.63) is 45.6 Å². The average molecular weight is 396 g/mol. The third kappa shape index (κ3) is 3.65. The number of sulfonamides is 1. The maximum atomic E-state index is 13.4. The van der Waals surface area contributed by atoms with Crippen molar-refractivity contribution in [2.24, 2.45) is 5.14 Å². The summed E-state index contributed by atoms with van der Waals surface area (Å²) in [5, 5.41) is 4.94. The average Bonchev–Trinajstić information content (AvgIpc) is 2.34. The number of hydrogen-bond acceptors (Lipinski definition) is 4. The second kappa shape index (κ2) is 5.80. The summed E-state index contributed by atoms with van der Waals surface area (Å²) < 4.78 is 41.8. The van der Waals surface area contributed by atoms with Gasteiger partial charge in [0.2, 0.25) is 10.0 Å². The number of benzene rings is 2. The first-order chi connectivity index (χ1) is 9.68. The van der Waals surface area contributed by atoms with Crippen LogP contribution in [0.2, 0.25) is 5.02 Å². The molecule has 0 unspecified atom stereocenters. The van der Waals surface area contributed by atoms with E-state index in [4.69, 9.17) is 27.2 Å². The van der Waals surface area contributed by atoms with E-state index in [-0.39, 0.29) is 27.1 Å². The van der Waals surface area contributed by atoms with E-state index in [1.165, 1.54) is 24.3 Å². The Bertz CT molecular complexity index is 814. The molecule has 9 heteroatoms. The van der Waals surface area contributed by atoms with E-state index in [1.807, 2.05) is 0 Å². The van der Waals surface area contributed by atoms with Crippen LogP contribution in [0.3, 0.4) is 0 Å². The molecule has 0 saturated carbocycles. The summed E-state index contributed by atoms with van der Waals surface area (Å²) in [5.41, 5.74) is 5.54. The number of halogens is 3. The molecule has 0 aliphatic rings. The highest BCUT2D eigenvalue weighted by Gasteiger charge is 2.14. The number of primary sulfonamides is 1. The lowest BCUT2D eigenvalue weighted by Gasteiger charge is -2.10. The van der Waals surface area contributed by atoms with Crippen molar-refractivity contribution in [1.29, 1.82) is 0 Å². The van der Waals surface area contributed by atoms with Crippen LogP contribution < -0.4 is 15.6 Å². The molecule has 0 aliphatic heterocycles. The summed E-state index contributed by atoms with van der Waals surface area (Å²) in [5.74, 6) is -0.258. The lowest BCUT2D eigenvalue weighted by Crippen LogP contribution is -2.14. The first-order valence-electron chi connectivity index (χ1n) is 5.43. The van der Waals surface area contributed by atoms with Gasteiger partial charge in [0.1, 0.15) is 22.2 Å². The SMILES string of the molecule is Nc1cc(Oc2cc(F)c(Cl)cc2Br)ccc1S(N)(=O)=O. The topological polar surface area (TPSA) is 95.4 Å². The zero-order chi connectivity index (χ0) is 15.8. The predicted molar refractivity (Wildman–Crippen MR) is 81.4 cm³/mol. The van der Waals surface area contributed by atoms with Crippen molar-refractivity contribution in [2.75, 3.05) is 5.73 Å². The van der Waals surface area contributed by atoms with Crippen molar-refractivity contribution in [1.82, 2.24) is 0 Å². The van der Waals surface area contributed by atoms with E-state index < -0.39 is 15.8 Å². The molecule has 0 amide bonds. The van der Waals surface area contributed by atoms with Crippen LogP contribution in [-0.2, 0) is 10.0 Å². The van der Waals surface area contributed by atoms with Gasteiger partial charge in [0.05, 0.1) is 15.2 Å². The Balaban J connectivity index is 2.38. The second-order valence-corrected chi connectivity index (χ2v) is 6.83. The Morgan fingerprint density at radius 1 is 1.24 bits per heavy atom. The zero-order valence-corrected chi connectivity index (χ0v) is 13.5. The highest BCUT2D eigenvalue weighted by Crippen LogP contribution is 2.35. The highest BCUT2D eigenvalue weighted by molar-refractivity contribution is 9.10. The Hall–Kier alpha value is -1.35. The van der Waals surface area contributed by atoms with Gasteiger partial charge in [-0.2, -0.15) is 0 Å². The minimum absolute atomic E-state index is 0.0571. The van der Waals surface area contributed by atoms with Crippen LogP contribution in [-0.4, -0.2) is 8.42 Å². The Kier molecular flexibility index (Phi) is 4.43. The van der Waals surface area contributed by atoms with E-state index in [0.29, 0.717) is 4.47 Å². The molecule has 4 N–H and O–H groups in total. The molecule has 0 aliphatic carbocycles. The summed E-state index contributed by atoms with van der Waals surface area (Å²) in [7, 11) is -3.91. The summed E-state index contributed by atoms with van der Waals surface area (Å²) in [4.78, 5) is -0.212. The Morgan fingerprint density at radius 2 is 1.90 bits per heavy atom. The van der Waals surface area contributed by atoms with Crippen LogP contribution in [0.1, 0.15) is 0 Å². The third-order valence-electron chi connectivity index (χ3n) is 2.49. The molecule has 0 spiro atoms. The number of rotatable bonds is 3. The Labute approximate surface area is 133 Å². The van der Waals surface area contributed by atoms with Crippen molar-refractivity contribution in [2.45, 2.75) is 4.90 Å². The molecule has 0 aromatic heterocycles. The molecule has 21 heavy (non-hydrogen) atoms. The normalized spacial score (nSPS) is 11.4. The molecular weight excluding hydrogens is 387 g/mol. The molecule has 2 aromatic carbocycles. The Morgan fingerprint density at radius 3 is 2.48 bits per heavy atom. The number of hydrogen-bond donors (Lipinski definition) is 2. The minimum Gasteiger partial charge on any atom is -0.456 e. The molecule has 0 bridgehead atoms. The number of anilines is 1. The lowest BCUT2D eigenvalue weighted by molar-refractivity contribution is 0.473. The molecule has 2 aromatic rings. The molecule has 0 fully saturated rings. The molecule has 0 radical (unpaired) electrons. The van der Waals surface area contributed by atoms with E-state index >= 15 is 0 Å². The van der Waals surface area contributed by atoms with Crippen molar-refractivity contribution in [3.8, 4) is 11.5 Å². The summed E-state index contributed by atoms with van der Waals surface area (Å²) in [6.45, 7) is 0.